The molecule has 0 saturated carbocycles. The molecular weight excluding hydrogens is 213 g/mol. The van der Waals surface area contributed by atoms with Crippen LogP contribution in [0.25, 0.3) is 0 Å². The number of halogens is 1. The number of alkyl halides is 1. The summed E-state index contributed by atoms with van der Waals surface area (Å²) in [5.74, 6) is -0.220. The molecule has 0 radical (unpaired) electrons. The molecule has 1 aliphatic rings. The van der Waals surface area contributed by atoms with Crippen molar-refractivity contribution in [1.82, 2.24) is 4.90 Å². The van der Waals surface area contributed by atoms with Crippen LogP contribution in [0.5, 0.6) is 0 Å². The number of hydrogen-bond donors (Lipinski definition) is 2. The van der Waals surface area contributed by atoms with Gasteiger partial charge in [-0.3, -0.25) is 4.79 Å². The Morgan fingerprint density at radius 2 is 2.38 bits per heavy atom. The van der Waals surface area contributed by atoms with E-state index in [2.05, 4.69) is 0 Å². The van der Waals surface area contributed by atoms with Gasteiger partial charge in [0.1, 0.15) is 6.17 Å². The van der Waals surface area contributed by atoms with Crippen LogP contribution in [-0.4, -0.2) is 55.9 Å². The minimum Gasteiger partial charge on any atom is -0.378 e. The molecule has 1 rings (SSSR count). The largest absolute Gasteiger partial charge is 0.378 e. The average Bonchev–Trinajstić information content (AvgIpc) is 2.28. The van der Waals surface area contributed by atoms with E-state index in [9.17, 15) is 9.18 Å². The van der Waals surface area contributed by atoms with Gasteiger partial charge in [0, 0.05) is 13.7 Å². The highest BCUT2D eigenvalue weighted by molar-refractivity contribution is 5.81. The summed E-state index contributed by atoms with van der Waals surface area (Å²) in [5, 5.41) is 0. The number of piperidine rings is 1. The molecule has 6 heteroatoms. The van der Waals surface area contributed by atoms with E-state index in [1.165, 1.54) is 12.0 Å². The van der Waals surface area contributed by atoms with Gasteiger partial charge in [-0.05, 0) is 19.4 Å². The molecule has 1 aliphatic heterocycles. The number of likely N-dealkylation sites (tertiary alicyclic amines) is 1. The van der Waals surface area contributed by atoms with Gasteiger partial charge in [0.15, 0.2) is 0 Å². The zero-order chi connectivity index (χ0) is 12.1. The number of hydrogen-bond acceptors (Lipinski definition) is 4. The van der Waals surface area contributed by atoms with Crippen molar-refractivity contribution >= 4 is 5.91 Å². The maximum Gasteiger partial charge on any atom is 0.239 e. The van der Waals surface area contributed by atoms with Gasteiger partial charge in [-0.1, -0.05) is 0 Å². The predicted molar refractivity (Wildman–Crippen MR) is 58.5 cm³/mol. The van der Waals surface area contributed by atoms with Crippen molar-refractivity contribution in [2.45, 2.75) is 31.2 Å². The van der Waals surface area contributed by atoms with Crippen LogP contribution < -0.4 is 11.5 Å². The highest BCUT2D eigenvalue weighted by Gasteiger charge is 2.32. The van der Waals surface area contributed by atoms with Crippen LogP contribution in [0.15, 0.2) is 0 Å². The number of amides is 1. The molecule has 1 unspecified atom stereocenters. The van der Waals surface area contributed by atoms with Crippen LogP contribution in [0.2, 0.25) is 0 Å². The second kappa shape index (κ2) is 6.12. The summed E-state index contributed by atoms with van der Waals surface area (Å²) in [6.45, 7) is 0.923. The summed E-state index contributed by atoms with van der Waals surface area (Å²) in [5.41, 5.74) is 11.0. The lowest BCUT2D eigenvalue weighted by Gasteiger charge is -2.35. The van der Waals surface area contributed by atoms with Crippen LogP contribution in [0.1, 0.15) is 12.8 Å². The third kappa shape index (κ3) is 3.13. The average molecular weight is 233 g/mol. The Bertz CT molecular complexity index is 240. The Labute approximate surface area is 94.9 Å². The van der Waals surface area contributed by atoms with Crippen LogP contribution in [0, 0.1) is 0 Å². The third-order valence-electron chi connectivity index (χ3n) is 2.89. The summed E-state index contributed by atoms with van der Waals surface area (Å²) < 4.78 is 18.5. The second-order valence-corrected chi connectivity index (χ2v) is 4.05. The van der Waals surface area contributed by atoms with Crippen LogP contribution in [0.4, 0.5) is 4.39 Å². The fraction of sp³-hybridized carbons (Fsp3) is 0.900. The summed E-state index contributed by atoms with van der Waals surface area (Å²) in [7, 11) is 1.48. The third-order valence-corrected chi connectivity index (χ3v) is 2.89. The molecule has 1 fully saturated rings. The van der Waals surface area contributed by atoms with E-state index in [4.69, 9.17) is 16.2 Å². The van der Waals surface area contributed by atoms with Gasteiger partial charge in [0.05, 0.1) is 18.7 Å². The van der Waals surface area contributed by atoms with Crippen molar-refractivity contribution in [3.8, 4) is 0 Å². The quantitative estimate of drug-likeness (QED) is 0.669. The summed E-state index contributed by atoms with van der Waals surface area (Å²) in [6.07, 6.45) is -0.596. The molecule has 0 spiro atoms. The topological polar surface area (TPSA) is 81.6 Å². The highest BCUT2D eigenvalue weighted by atomic mass is 19.1. The van der Waals surface area contributed by atoms with E-state index in [1.807, 2.05) is 0 Å². The Morgan fingerprint density at radius 1 is 1.69 bits per heavy atom. The molecule has 0 aromatic rings. The predicted octanol–water partition coefficient (Wildman–Crippen LogP) is -0.752. The SMILES string of the molecule is CO[C@H]1CCN(C(=O)C(N)CCN)C[C@H]1F. The number of ether oxygens (including phenoxy) is 1. The molecule has 1 amide bonds. The minimum atomic E-state index is -1.13. The summed E-state index contributed by atoms with van der Waals surface area (Å²) in [4.78, 5) is 13.2. The monoisotopic (exact) mass is 233 g/mol. The smallest absolute Gasteiger partial charge is 0.239 e. The molecule has 0 aromatic carbocycles. The van der Waals surface area contributed by atoms with Gasteiger partial charge < -0.3 is 21.1 Å². The van der Waals surface area contributed by atoms with Crippen molar-refractivity contribution < 1.29 is 13.9 Å². The number of carbonyl (C=O) groups is 1. The van der Waals surface area contributed by atoms with E-state index in [-0.39, 0.29) is 12.5 Å². The van der Waals surface area contributed by atoms with Crippen molar-refractivity contribution in [2.75, 3.05) is 26.7 Å². The molecule has 16 heavy (non-hydrogen) atoms. The molecule has 4 N–H and O–H groups in total. The standard InChI is InChI=1S/C10H20FN3O2/c1-16-9-3-5-14(6-7(9)11)10(15)8(13)2-4-12/h7-9H,2-6,12-13H2,1H3/t7-,8?,9+/m1/s1. The number of methoxy groups -OCH3 is 1. The lowest BCUT2D eigenvalue weighted by atomic mass is 10.0. The fourth-order valence-electron chi connectivity index (χ4n) is 1.89. The lowest BCUT2D eigenvalue weighted by molar-refractivity contribution is -0.137. The van der Waals surface area contributed by atoms with Crippen molar-refractivity contribution in [2.24, 2.45) is 11.5 Å². The first kappa shape index (κ1) is 13.3. The van der Waals surface area contributed by atoms with Crippen molar-refractivity contribution in [3.05, 3.63) is 0 Å². The zero-order valence-corrected chi connectivity index (χ0v) is 9.56. The molecule has 94 valence electrons. The first-order valence-corrected chi connectivity index (χ1v) is 5.51. The van der Waals surface area contributed by atoms with E-state index >= 15 is 0 Å². The van der Waals surface area contributed by atoms with Crippen LogP contribution >= 0.6 is 0 Å². The van der Waals surface area contributed by atoms with Gasteiger partial charge in [-0.2, -0.15) is 0 Å². The molecule has 0 aliphatic carbocycles. The molecule has 0 aromatic heterocycles. The molecule has 1 heterocycles. The van der Waals surface area contributed by atoms with Crippen LogP contribution in [-0.2, 0) is 9.53 Å². The molecule has 3 atom stereocenters. The first-order chi connectivity index (χ1) is 7.60. The van der Waals surface area contributed by atoms with Crippen molar-refractivity contribution in [1.29, 1.82) is 0 Å². The Kier molecular flexibility index (Phi) is 5.11. The summed E-state index contributed by atoms with van der Waals surface area (Å²) >= 11 is 0. The van der Waals surface area contributed by atoms with E-state index in [0.29, 0.717) is 25.9 Å². The Balaban J connectivity index is 2.47. The maximum absolute atomic E-state index is 13.5. The number of rotatable bonds is 4. The second-order valence-electron chi connectivity index (χ2n) is 4.05. The van der Waals surface area contributed by atoms with Gasteiger partial charge in [0.2, 0.25) is 5.91 Å². The number of carbonyl (C=O) groups excluding carboxylic acids is 1. The number of nitrogens with zero attached hydrogens (tertiary/aromatic N) is 1. The van der Waals surface area contributed by atoms with E-state index in [0.717, 1.165) is 0 Å². The lowest BCUT2D eigenvalue weighted by Crippen LogP contribution is -2.52. The van der Waals surface area contributed by atoms with Crippen LogP contribution in [0.3, 0.4) is 0 Å². The van der Waals surface area contributed by atoms with Crippen molar-refractivity contribution in [3.63, 3.8) is 0 Å². The minimum absolute atomic E-state index is 0.0651. The Hall–Kier alpha value is -0.720. The number of nitrogens with two attached hydrogens (primary N) is 2. The molecule has 1 saturated heterocycles. The Morgan fingerprint density at radius 3 is 2.88 bits per heavy atom. The molecule has 5 nitrogen and oxygen atoms in total. The normalized spacial score (nSPS) is 27.9. The van der Waals surface area contributed by atoms with E-state index < -0.39 is 18.3 Å². The summed E-state index contributed by atoms with van der Waals surface area (Å²) in [6, 6.07) is -0.615. The van der Waals surface area contributed by atoms with Gasteiger partial charge in [-0.25, -0.2) is 4.39 Å². The molecular formula is C10H20FN3O2. The van der Waals surface area contributed by atoms with Gasteiger partial charge in [-0.15, -0.1) is 0 Å². The van der Waals surface area contributed by atoms with E-state index in [1.54, 1.807) is 0 Å². The maximum atomic E-state index is 13.5. The van der Waals surface area contributed by atoms with Gasteiger partial charge in [0.25, 0.3) is 0 Å². The fourth-order valence-corrected chi connectivity index (χ4v) is 1.89. The first-order valence-electron chi connectivity index (χ1n) is 5.51. The highest BCUT2D eigenvalue weighted by Crippen LogP contribution is 2.17. The zero-order valence-electron chi connectivity index (χ0n) is 9.56. The van der Waals surface area contributed by atoms with Gasteiger partial charge >= 0.3 is 0 Å². The molecule has 0 bridgehead atoms.